The first-order chi connectivity index (χ1) is 16.3. The number of aliphatic hydroxyl groups excluding tert-OH is 1. The van der Waals surface area contributed by atoms with Crippen LogP contribution in [-0.4, -0.2) is 52.2 Å². The molecule has 8 heteroatoms. The van der Waals surface area contributed by atoms with Crippen molar-refractivity contribution in [2.24, 2.45) is 5.73 Å². The summed E-state index contributed by atoms with van der Waals surface area (Å²) in [5.41, 5.74) is 7.87. The lowest BCUT2D eigenvalue weighted by molar-refractivity contribution is 0.00672. The van der Waals surface area contributed by atoms with Gasteiger partial charge in [0, 0.05) is 37.9 Å². The molecule has 2 heterocycles. The van der Waals surface area contributed by atoms with Crippen molar-refractivity contribution in [1.29, 1.82) is 0 Å². The van der Waals surface area contributed by atoms with Gasteiger partial charge >= 0.3 is 0 Å². The SMILES string of the molecule is C[C@@](O)(CN1CCN(c2ccc(C(N)=O)cc2Cl)C(c2ccccc2)C1)c1ccc(CO)cn1. The van der Waals surface area contributed by atoms with Crippen LogP contribution >= 0.6 is 11.6 Å². The topological polar surface area (TPSA) is 103 Å². The van der Waals surface area contributed by atoms with Crippen molar-refractivity contribution < 1.29 is 15.0 Å². The van der Waals surface area contributed by atoms with Crippen molar-refractivity contribution in [3.63, 3.8) is 0 Å². The lowest BCUT2D eigenvalue weighted by Gasteiger charge is -2.45. The number of pyridine rings is 1. The van der Waals surface area contributed by atoms with Gasteiger partial charge in [0.25, 0.3) is 0 Å². The Kier molecular flexibility index (Phi) is 7.19. The smallest absolute Gasteiger partial charge is 0.248 e. The molecule has 4 rings (SSSR count). The van der Waals surface area contributed by atoms with Crippen molar-refractivity contribution in [3.05, 3.63) is 94.3 Å². The number of benzene rings is 2. The van der Waals surface area contributed by atoms with E-state index >= 15 is 0 Å². The summed E-state index contributed by atoms with van der Waals surface area (Å²) in [6.45, 7) is 4.15. The molecule has 1 aliphatic rings. The molecule has 3 aromatic rings. The van der Waals surface area contributed by atoms with Crippen LogP contribution in [0.3, 0.4) is 0 Å². The molecule has 0 spiro atoms. The fourth-order valence-electron chi connectivity index (χ4n) is 4.48. The van der Waals surface area contributed by atoms with Gasteiger partial charge in [-0.05, 0) is 42.3 Å². The summed E-state index contributed by atoms with van der Waals surface area (Å²) >= 11 is 6.58. The summed E-state index contributed by atoms with van der Waals surface area (Å²) in [6, 6.07) is 18.8. The molecule has 1 aliphatic heterocycles. The molecule has 0 aliphatic carbocycles. The molecular weight excluding hydrogens is 452 g/mol. The minimum absolute atomic E-state index is 0.00704. The average molecular weight is 481 g/mol. The number of hydrogen-bond donors (Lipinski definition) is 3. The van der Waals surface area contributed by atoms with Gasteiger partial charge in [0.05, 0.1) is 29.1 Å². The van der Waals surface area contributed by atoms with Crippen LogP contribution in [0.1, 0.15) is 40.1 Å². The maximum Gasteiger partial charge on any atom is 0.248 e. The number of rotatable bonds is 7. The number of β-amino-alcohol motifs (C(OH)–C–C–N with tert-alkyl or cyclic N) is 1. The number of piperazine rings is 1. The number of nitrogens with zero attached hydrogens (tertiary/aromatic N) is 3. The Morgan fingerprint density at radius 2 is 1.94 bits per heavy atom. The number of halogens is 1. The zero-order chi connectivity index (χ0) is 24.3. The van der Waals surface area contributed by atoms with Gasteiger partial charge in [0.1, 0.15) is 5.60 Å². The quantitative estimate of drug-likeness (QED) is 0.480. The molecule has 1 saturated heterocycles. The molecule has 34 heavy (non-hydrogen) atoms. The van der Waals surface area contributed by atoms with Gasteiger partial charge in [0.2, 0.25) is 5.91 Å². The van der Waals surface area contributed by atoms with E-state index in [2.05, 4.69) is 26.9 Å². The van der Waals surface area contributed by atoms with Gasteiger partial charge in [-0.2, -0.15) is 0 Å². The second-order valence-corrected chi connectivity index (χ2v) is 9.28. The Labute approximate surface area is 204 Å². The molecule has 0 saturated carbocycles. The summed E-state index contributed by atoms with van der Waals surface area (Å²) in [5, 5.41) is 21.0. The predicted octanol–water partition coefficient (Wildman–Crippen LogP) is 3.10. The molecule has 0 bridgehead atoms. The third-order valence-corrected chi connectivity index (χ3v) is 6.58. The van der Waals surface area contributed by atoms with Crippen LogP contribution in [0.25, 0.3) is 0 Å². The van der Waals surface area contributed by atoms with E-state index in [1.54, 1.807) is 37.4 Å². The van der Waals surface area contributed by atoms with E-state index in [9.17, 15) is 15.0 Å². The van der Waals surface area contributed by atoms with Crippen LogP contribution < -0.4 is 10.6 Å². The molecule has 1 aromatic heterocycles. The zero-order valence-electron chi connectivity index (χ0n) is 19.1. The number of carbonyl (C=O) groups is 1. The molecule has 4 N–H and O–H groups in total. The highest BCUT2D eigenvalue weighted by Gasteiger charge is 2.34. The molecule has 2 atom stereocenters. The van der Waals surface area contributed by atoms with Crippen LogP contribution in [0.5, 0.6) is 0 Å². The first-order valence-corrected chi connectivity index (χ1v) is 11.6. The number of aliphatic hydroxyl groups is 2. The van der Waals surface area contributed by atoms with Gasteiger partial charge in [0.15, 0.2) is 0 Å². The fourth-order valence-corrected chi connectivity index (χ4v) is 4.77. The number of hydrogen-bond acceptors (Lipinski definition) is 6. The van der Waals surface area contributed by atoms with Gasteiger partial charge in [-0.25, -0.2) is 0 Å². The van der Waals surface area contributed by atoms with E-state index < -0.39 is 11.5 Å². The molecule has 2 aromatic carbocycles. The van der Waals surface area contributed by atoms with E-state index in [1.807, 2.05) is 24.3 Å². The monoisotopic (exact) mass is 480 g/mol. The molecule has 0 radical (unpaired) electrons. The zero-order valence-corrected chi connectivity index (χ0v) is 19.8. The summed E-state index contributed by atoms with van der Waals surface area (Å²) < 4.78 is 0. The lowest BCUT2D eigenvalue weighted by Crippen LogP contribution is -2.52. The van der Waals surface area contributed by atoms with Gasteiger partial charge < -0.3 is 20.8 Å². The second kappa shape index (κ2) is 10.1. The highest BCUT2D eigenvalue weighted by Crippen LogP contribution is 2.36. The standard InChI is InChI=1S/C26H29ClN4O3/c1-26(34,24-10-7-18(16-32)14-29-24)17-30-11-12-31(23(15-30)19-5-3-2-4-6-19)22-9-8-20(25(28)33)13-21(22)27/h2-10,13-14,23,32,34H,11-12,15-17H2,1H3,(H2,28,33)/t23?,26-/m1/s1. The molecule has 7 nitrogen and oxygen atoms in total. The maximum absolute atomic E-state index is 11.6. The second-order valence-electron chi connectivity index (χ2n) is 8.87. The average Bonchev–Trinajstić information content (AvgIpc) is 2.84. The minimum atomic E-state index is -1.15. The van der Waals surface area contributed by atoms with Crippen molar-refractivity contribution in [3.8, 4) is 0 Å². The highest BCUT2D eigenvalue weighted by atomic mass is 35.5. The van der Waals surface area contributed by atoms with Crippen LogP contribution in [0, 0.1) is 0 Å². The maximum atomic E-state index is 11.6. The van der Waals surface area contributed by atoms with E-state index in [1.165, 1.54) is 0 Å². The fraction of sp³-hybridized carbons (Fsp3) is 0.308. The number of amides is 1. The third kappa shape index (κ3) is 5.23. The first kappa shape index (κ1) is 24.2. The Morgan fingerprint density at radius 1 is 1.18 bits per heavy atom. The predicted molar refractivity (Wildman–Crippen MR) is 133 cm³/mol. The molecule has 1 fully saturated rings. The first-order valence-electron chi connectivity index (χ1n) is 11.2. The van der Waals surface area contributed by atoms with E-state index in [4.69, 9.17) is 17.3 Å². The van der Waals surface area contributed by atoms with Crippen molar-refractivity contribution in [1.82, 2.24) is 9.88 Å². The Bertz CT molecular complexity index is 1140. The number of anilines is 1. The van der Waals surface area contributed by atoms with Crippen LogP contribution in [0.15, 0.2) is 66.9 Å². The van der Waals surface area contributed by atoms with E-state index in [0.717, 1.165) is 11.3 Å². The molecule has 1 unspecified atom stereocenters. The summed E-state index contributed by atoms with van der Waals surface area (Å²) in [6.07, 6.45) is 1.59. The Hall–Kier alpha value is -2.97. The number of nitrogens with two attached hydrogens (primary N) is 1. The normalized spacial score (nSPS) is 18.5. The molecule has 1 amide bonds. The third-order valence-electron chi connectivity index (χ3n) is 6.28. The van der Waals surface area contributed by atoms with Crippen molar-refractivity contribution >= 4 is 23.2 Å². The number of primary amides is 1. The highest BCUT2D eigenvalue weighted by molar-refractivity contribution is 6.33. The van der Waals surface area contributed by atoms with Gasteiger partial charge in [-0.15, -0.1) is 0 Å². The summed E-state index contributed by atoms with van der Waals surface area (Å²) in [5.74, 6) is -0.513. The molecule has 178 valence electrons. The van der Waals surface area contributed by atoms with Crippen LogP contribution in [0.4, 0.5) is 5.69 Å². The minimum Gasteiger partial charge on any atom is -0.392 e. The van der Waals surface area contributed by atoms with Crippen molar-refractivity contribution in [2.45, 2.75) is 25.2 Å². The van der Waals surface area contributed by atoms with E-state index in [0.29, 0.717) is 48.0 Å². The van der Waals surface area contributed by atoms with Gasteiger partial charge in [-0.3, -0.25) is 14.7 Å². The number of aromatic nitrogens is 1. The van der Waals surface area contributed by atoms with Crippen LogP contribution in [0.2, 0.25) is 5.02 Å². The molecular formula is C26H29ClN4O3. The largest absolute Gasteiger partial charge is 0.392 e. The van der Waals surface area contributed by atoms with Crippen molar-refractivity contribution in [2.75, 3.05) is 31.1 Å². The van der Waals surface area contributed by atoms with Gasteiger partial charge in [-0.1, -0.05) is 48.0 Å². The summed E-state index contributed by atoms with van der Waals surface area (Å²) in [4.78, 5) is 20.4. The Balaban J connectivity index is 1.59. The number of carbonyl (C=O) groups excluding carboxylic acids is 1. The Morgan fingerprint density at radius 3 is 2.56 bits per heavy atom. The van der Waals surface area contributed by atoms with E-state index in [-0.39, 0.29) is 12.6 Å². The van der Waals surface area contributed by atoms with Crippen LogP contribution in [-0.2, 0) is 12.2 Å². The lowest BCUT2D eigenvalue weighted by atomic mass is 9.97. The summed E-state index contributed by atoms with van der Waals surface area (Å²) in [7, 11) is 0.